The largest absolute Gasteiger partial charge is 0.380 e. The Bertz CT molecular complexity index is 253. The van der Waals surface area contributed by atoms with Crippen LogP contribution in [0.3, 0.4) is 0 Å². The lowest BCUT2D eigenvalue weighted by Gasteiger charge is -2.03. The number of ether oxygens (including phenoxy) is 1. The monoisotopic (exact) mass is 216 g/mol. The maximum absolute atomic E-state index is 5.37. The van der Waals surface area contributed by atoms with E-state index in [0.29, 0.717) is 12.6 Å². The molecule has 0 amide bonds. The van der Waals surface area contributed by atoms with Gasteiger partial charge in [-0.1, -0.05) is 13.3 Å². The highest BCUT2D eigenvalue weighted by molar-refractivity contribution is 7.09. The standard InChI is InChI=1S/C8H16N4OS/c1-2-3-5-13-6-4-10-8-11-7(9)12-14-8/h2-6H2,1H3,(H3,9,10,11,12). The summed E-state index contributed by atoms with van der Waals surface area (Å²) >= 11 is 1.27. The number of anilines is 2. The van der Waals surface area contributed by atoms with E-state index in [2.05, 4.69) is 21.6 Å². The zero-order chi connectivity index (χ0) is 10.2. The molecular weight excluding hydrogens is 200 g/mol. The molecular formula is C8H16N4OS. The highest BCUT2D eigenvalue weighted by Gasteiger charge is 1.98. The summed E-state index contributed by atoms with van der Waals surface area (Å²) in [6.45, 7) is 4.42. The third-order valence-corrected chi connectivity index (χ3v) is 2.29. The van der Waals surface area contributed by atoms with Gasteiger partial charge in [0, 0.05) is 24.7 Å². The van der Waals surface area contributed by atoms with E-state index in [4.69, 9.17) is 10.5 Å². The first kappa shape index (κ1) is 11.2. The summed E-state index contributed by atoms with van der Waals surface area (Å²) in [5, 5.41) is 3.83. The lowest BCUT2D eigenvalue weighted by molar-refractivity contribution is 0.141. The Morgan fingerprint density at radius 2 is 2.36 bits per heavy atom. The Labute approximate surface area is 87.8 Å². The molecule has 0 aliphatic rings. The molecule has 80 valence electrons. The SMILES string of the molecule is CCCCOCCNc1nc(N)ns1. The Balaban J connectivity index is 1.99. The summed E-state index contributed by atoms with van der Waals surface area (Å²) < 4.78 is 9.22. The van der Waals surface area contributed by atoms with Crippen LogP contribution < -0.4 is 11.1 Å². The van der Waals surface area contributed by atoms with Gasteiger partial charge in [-0.25, -0.2) is 0 Å². The lowest BCUT2D eigenvalue weighted by Crippen LogP contribution is -2.09. The third-order valence-electron chi connectivity index (χ3n) is 1.61. The molecule has 1 heterocycles. The predicted octanol–water partition coefficient (Wildman–Crippen LogP) is 1.35. The summed E-state index contributed by atoms with van der Waals surface area (Å²) in [5.41, 5.74) is 5.37. The van der Waals surface area contributed by atoms with Crippen molar-refractivity contribution in [3.05, 3.63) is 0 Å². The molecule has 6 heteroatoms. The van der Waals surface area contributed by atoms with E-state index in [1.54, 1.807) is 0 Å². The van der Waals surface area contributed by atoms with E-state index in [1.807, 2.05) is 0 Å². The van der Waals surface area contributed by atoms with Gasteiger partial charge in [-0.15, -0.1) is 0 Å². The molecule has 0 aromatic carbocycles. The second kappa shape index (κ2) is 6.56. The number of nitrogens with two attached hydrogens (primary N) is 1. The first-order valence-corrected chi connectivity index (χ1v) is 5.51. The third kappa shape index (κ3) is 4.38. The maximum atomic E-state index is 5.37. The zero-order valence-corrected chi connectivity index (χ0v) is 9.14. The number of hydrogen-bond acceptors (Lipinski definition) is 6. The van der Waals surface area contributed by atoms with Crippen molar-refractivity contribution in [1.82, 2.24) is 9.36 Å². The van der Waals surface area contributed by atoms with Crippen LogP contribution in [0.15, 0.2) is 0 Å². The van der Waals surface area contributed by atoms with Crippen molar-refractivity contribution in [3.63, 3.8) is 0 Å². The molecule has 0 bridgehead atoms. The van der Waals surface area contributed by atoms with Crippen LogP contribution >= 0.6 is 11.5 Å². The van der Waals surface area contributed by atoms with E-state index in [-0.39, 0.29) is 0 Å². The quantitative estimate of drug-likeness (QED) is 0.673. The normalized spacial score (nSPS) is 10.4. The summed E-state index contributed by atoms with van der Waals surface area (Å²) in [5.74, 6) is 0.324. The predicted molar refractivity (Wildman–Crippen MR) is 58.5 cm³/mol. The van der Waals surface area contributed by atoms with Crippen molar-refractivity contribution in [1.29, 1.82) is 0 Å². The number of nitrogens with zero attached hydrogens (tertiary/aromatic N) is 2. The van der Waals surface area contributed by atoms with Crippen LogP contribution in [0.5, 0.6) is 0 Å². The minimum Gasteiger partial charge on any atom is -0.380 e. The molecule has 14 heavy (non-hydrogen) atoms. The van der Waals surface area contributed by atoms with Gasteiger partial charge in [-0.05, 0) is 6.42 Å². The van der Waals surface area contributed by atoms with Crippen LogP contribution in [0.25, 0.3) is 0 Å². The highest BCUT2D eigenvalue weighted by Crippen LogP contribution is 2.10. The van der Waals surface area contributed by atoms with Gasteiger partial charge in [0.1, 0.15) is 0 Å². The van der Waals surface area contributed by atoms with E-state index in [1.165, 1.54) is 18.0 Å². The Kier molecular flexibility index (Phi) is 5.24. The summed E-state index contributed by atoms with van der Waals surface area (Å²) in [6, 6.07) is 0. The van der Waals surface area contributed by atoms with Gasteiger partial charge in [0.05, 0.1) is 6.61 Å². The molecule has 0 fully saturated rings. The van der Waals surface area contributed by atoms with Gasteiger partial charge in [-0.2, -0.15) is 9.36 Å². The maximum Gasteiger partial charge on any atom is 0.233 e. The first-order valence-electron chi connectivity index (χ1n) is 4.73. The smallest absolute Gasteiger partial charge is 0.233 e. The number of unbranched alkanes of at least 4 members (excludes halogenated alkanes) is 1. The van der Waals surface area contributed by atoms with Crippen molar-refractivity contribution in [2.75, 3.05) is 30.8 Å². The second-order valence-corrected chi connectivity index (χ2v) is 3.60. The fraction of sp³-hybridized carbons (Fsp3) is 0.750. The molecule has 0 spiro atoms. The van der Waals surface area contributed by atoms with Crippen LogP contribution in [-0.2, 0) is 4.74 Å². The molecule has 5 nitrogen and oxygen atoms in total. The number of nitrogens with one attached hydrogen (secondary N) is 1. The van der Waals surface area contributed by atoms with Gasteiger partial charge in [0.15, 0.2) is 0 Å². The molecule has 0 atom stereocenters. The van der Waals surface area contributed by atoms with Crippen LogP contribution in [0.1, 0.15) is 19.8 Å². The summed E-state index contributed by atoms with van der Waals surface area (Å²) in [6.07, 6.45) is 2.28. The Morgan fingerprint density at radius 1 is 1.50 bits per heavy atom. The van der Waals surface area contributed by atoms with Gasteiger partial charge in [0.2, 0.25) is 11.1 Å². The number of hydrogen-bond donors (Lipinski definition) is 2. The fourth-order valence-corrected chi connectivity index (χ4v) is 1.41. The van der Waals surface area contributed by atoms with Crippen molar-refractivity contribution in [3.8, 4) is 0 Å². The molecule has 3 N–H and O–H groups in total. The topological polar surface area (TPSA) is 73.1 Å². The van der Waals surface area contributed by atoms with Gasteiger partial charge < -0.3 is 15.8 Å². The van der Waals surface area contributed by atoms with Crippen molar-refractivity contribution >= 4 is 22.6 Å². The van der Waals surface area contributed by atoms with E-state index in [0.717, 1.165) is 24.7 Å². The number of aromatic nitrogens is 2. The first-order chi connectivity index (χ1) is 6.83. The lowest BCUT2D eigenvalue weighted by atomic mass is 10.4. The molecule has 1 rings (SSSR count). The molecule has 1 aromatic rings. The van der Waals surface area contributed by atoms with Gasteiger partial charge >= 0.3 is 0 Å². The molecule has 0 aliphatic heterocycles. The summed E-state index contributed by atoms with van der Waals surface area (Å²) in [4.78, 5) is 3.96. The highest BCUT2D eigenvalue weighted by atomic mass is 32.1. The van der Waals surface area contributed by atoms with Crippen molar-refractivity contribution in [2.45, 2.75) is 19.8 Å². The van der Waals surface area contributed by atoms with E-state index >= 15 is 0 Å². The molecule has 0 saturated carbocycles. The van der Waals surface area contributed by atoms with E-state index in [9.17, 15) is 0 Å². The Morgan fingerprint density at radius 3 is 3.00 bits per heavy atom. The van der Waals surface area contributed by atoms with E-state index < -0.39 is 0 Å². The summed E-state index contributed by atoms with van der Waals surface area (Å²) in [7, 11) is 0. The number of rotatable bonds is 7. The van der Waals surface area contributed by atoms with Crippen molar-refractivity contribution < 1.29 is 4.74 Å². The van der Waals surface area contributed by atoms with Gasteiger partial charge in [-0.3, -0.25) is 0 Å². The molecule has 0 aliphatic carbocycles. The van der Waals surface area contributed by atoms with Crippen LogP contribution in [0, 0.1) is 0 Å². The van der Waals surface area contributed by atoms with Crippen LogP contribution in [0.4, 0.5) is 11.1 Å². The average Bonchev–Trinajstić information content (AvgIpc) is 2.58. The van der Waals surface area contributed by atoms with Crippen molar-refractivity contribution in [2.24, 2.45) is 0 Å². The zero-order valence-electron chi connectivity index (χ0n) is 8.32. The molecule has 0 radical (unpaired) electrons. The Hall–Kier alpha value is -0.880. The second-order valence-electron chi connectivity index (χ2n) is 2.85. The van der Waals surface area contributed by atoms with Crippen LogP contribution in [0.2, 0.25) is 0 Å². The minimum atomic E-state index is 0.324. The minimum absolute atomic E-state index is 0.324. The molecule has 0 unspecified atom stereocenters. The fourth-order valence-electron chi connectivity index (χ4n) is 0.885. The average molecular weight is 216 g/mol. The molecule has 1 aromatic heterocycles. The number of nitrogen functional groups attached to an aromatic ring is 1. The van der Waals surface area contributed by atoms with Crippen LogP contribution in [-0.4, -0.2) is 29.1 Å². The van der Waals surface area contributed by atoms with Gasteiger partial charge in [0.25, 0.3) is 0 Å². The molecule has 0 saturated heterocycles.